The lowest BCUT2D eigenvalue weighted by Gasteiger charge is -2.42. The average Bonchev–Trinajstić information content (AvgIpc) is 2.95. The highest BCUT2D eigenvalue weighted by atomic mass is 35.5. The molecule has 9 nitrogen and oxygen atoms in total. The normalized spacial score (nSPS) is 25.4. The quantitative estimate of drug-likeness (QED) is 0.542. The van der Waals surface area contributed by atoms with Crippen molar-refractivity contribution in [3.8, 4) is 5.75 Å². The fourth-order valence-corrected chi connectivity index (χ4v) is 6.37. The fraction of sp³-hybridized carbons (Fsp3) is 0.545. The van der Waals surface area contributed by atoms with Gasteiger partial charge in [0.1, 0.15) is 11.8 Å². The predicted molar refractivity (Wildman–Crippen MR) is 165 cm³/mol. The second-order valence-electron chi connectivity index (χ2n) is 13.0. The van der Waals surface area contributed by atoms with Crippen molar-refractivity contribution in [2.75, 3.05) is 32.8 Å². The zero-order valence-electron chi connectivity index (χ0n) is 25.3. The van der Waals surface area contributed by atoms with Crippen LogP contribution in [0.3, 0.4) is 0 Å². The number of benzene rings is 2. The third kappa shape index (κ3) is 8.28. The molecule has 0 radical (unpaired) electrons. The molecule has 232 valence electrons. The van der Waals surface area contributed by atoms with E-state index < -0.39 is 12.1 Å². The summed E-state index contributed by atoms with van der Waals surface area (Å²) in [5.74, 6) is 0.0137. The number of halogens is 1. The number of para-hydroxylation sites is 1. The monoisotopic (exact) mass is 610 g/mol. The van der Waals surface area contributed by atoms with E-state index in [-0.39, 0.29) is 41.8 Å². The first-order valence-corrected chi connectivity index (χ1v) is 15.7. The lowest BCUT2D eigenvalue weighted by Crippen LogP contribution is -2.62. The minimum atomic E-state index is -0.718. The Labute approximate surface area is 259 Å². The molecule has 2 fully saturated rings. The van der Waals surface area contributed by atoms with Crippen LogP contribution in [0.5, 0.6) is 5.75 Å². The molecule has 3 aliphatic heterocycles. The van der Waals surface area contributed by atoms with Gasteiger partial charge in [0.25, 0.3) is 5.91 Å². The maximum absolute atomic E-state index is 13.9. The summed E-state index contributed by atoms with van der Waals surface area (Å²) < 4.78 is 12.6. The van der Waals surface area contributed by atoms with Crippen molar-refractivity contribution in [2.45, 2.75) is 77.3 Å². The standard InChI is InChI=1S/C33H43ClN4O5/c1-33(2,3)18-30(39)36-26-12-11-24-13-16-42-28-10-5-4-9-25(28)32(41)38-15-14-37(20-22-7-6-8-23(34)17-22)21-27(38)31(40)35-19-29(26)43-24/h4-10,17,24,26-27,29H,11-16,18-21H2,1-3H3,(H,35,40)(H,36,39)/t24-,26+,27-,29+/m0/s1. The first-order valence-electron chi connectivity index (χ1n) is 15.3. The predicted octanol–water partition coefficient (Wildman–Crippen LogP) is 4.03. The van der Waals surface area contributed by atoms with Crippen molar-refractivity contribution in [3.05, 3.63) is 64.7 Å². The summed E-state index contributed by atoms with van der Waals surface area (Å²) in [7, 11) is 0. The zero-order chi connectivity index (χ0) is 30.6. The van der Waals surface area contributed by atoms with E-state index in [1.807, 2.05) is 57.2 Å². The number of nitrogens with zero attached hydrogens (tertiary/aromatic N) is 2. The molecule has 2 saturated heterocycles. The van der Waals surface area contributed by atoms with Gasteiger partial charge in [-0.2, -0.15) is 0 Å². The molecule has 10 heteroatoms. The molecule has 5 rings (SSSR count). The lowest BCUT2D eigenvalue weighted by atomic mass is 9.91. The molecule has 0 saturated carbocycles. The summed E-state index contributed by atoms with van der Waals surface area (Å²) in [5.41, 5.74) is 1.36. The number of fused-ring (bicyclic) bond motifs is 4. The van der Waals surface area contributed by atoms with E-state index >= 15 is 0 Å². The molecule has 4 atom stereocenters. The highest BCUT2D eigenvalue weighted by Gasteiger charge is 2.39. The number of hydrogen-bond acceptors (Lipinski definition) is 6. The van der Waals surface area contributed by atoms with E-state index in [1.54, 1.807) is 17.0 Å². The summed E-state index contributed by atoms with van der Waals surface area (Å²) >= 11 is 6.22. The topological polar surface area (TPSA) is 100 Å². The van der Waals surface area contributed by atoms with Crippen molar-refractivity contribution in [1.82, 2.24) is 20.4 Å². The average molecular weight is 611 g/mol. The van der Waals surface area contributed by atoms with Gasteiger partial charge in [-0.25, -0.2) is 0 Å². The van der Waals surface area contributed by atoms with E-state index in [9.17, 15) is 14.4 Å². The summed E-state index contributed by atoms with van der Waals surface area (Å²) in [4.78, 5) is 44.5. The summed E-state index contributed by atoms with van der Waals surface area (Å²) in [6.45, 7) is 8.71. The van der Waals surface area contributed by atoms with Crippen LogP contribution in [0.25, 0.3) is 0 Å². The minimum absolute atomic E-state index is 0.0223. The molecular formula is C33H43ClN4O5. The van der Waals surface area contributed by atoms with Crippen LogP contribution in [0.4, 0.5) is 0 Å². The number of carbonyl (C=O) groups excluding carboxylic acids is 3. The van der Waals surface area contributed by atoms with Crippen molar-refractivity contribution in [2.24, 2.45) is 5.41 Å². The Hall–Kier alpha value is -3.14. The smallest absolute Gasteiger partial charge is 0.258 e. The number of piperazine rings is 1. The molecular weight excluding hydrogens is 568 g/mol. The van der Waals surface area contributed by atoms with Crippen molar-refractivity contribution in [3.63, 3.8) is 0 Å². The molecule has 2 aromatic rings. The van der Waals surface area contributed by atoms with E-state index in [2.05, 4.69) is 15.5 Å². The largest absolute Gasteiger partial charge is 0.493 e. The maximum atomic E-state index is 13.9. The molecule has 2 aromatic carbocycles. The Balaban J connectivity index is 1.38. The number of rotatable bonds is 4. The molecule has 0 unspecified atom stereocenters. The van der Waals surface area contributed by atoms with Gasteiger partial charge in [-0.15, -0.1) is 0 Å². The molecule has 3 aliphatic rings. The molecule has 0 spiro atoms. The lowest BCUT2D eigenvalue weighted by molar-refractivity contribution is -0.131. The number of amides is 3. The van der Waals surface area contributed by atoms with Crippen LogP contribution in [-0.4, -0.2) is 84.6 Å². The van der Waals surface area contributed by atoms with Crippen molar-refractivity contribution < 1.29 is 23.9 Å². The van der Waals surface area contributed by atoms with E-state index in [0.29, 0.717) is 62.0 Å². The van der Waals surface area contributed by atoms with Crippen molar-refractivity contribution >= 4 is 29.3 Å². The number of hydrogen-bond donors (Lipinski definition) is 2. The minimum Gasteiger partial charge on any atom is -0.493 e. The number of ether oxygens (including phenoxy) is 2. The Kier molecular flexibility index (Phi) is 9.94. The Morgan fingerprint density at radius 3 is 2.67 bits per heavy atom. The van der Waals surface area contributed by atoms with Gasteiger partial charge in [0.2, 0.25) is 11.8 Å². The van der Waals surface area contributed by atoms with Crippen LogP contribution in [-0.2, 0) is 20.9 Å². The molecule has 0 aromatic heterocycles. The van der Waals surface area contributed by atoms with Crippen molar-refractivity contribution in [1.29, 1.82) is 0 Å². The Morgan fingerprint density at radius 2 is 1.88 bits per heavy atom. The summed E-state index contributed by atoms with van der Waals surface area (Å²) in [6, 6.07) is 14.0. The van der Waals surface area contributed by atoms with Gasteiger partial charge in [0.05, 0.1) is 30.4 Å². The van der Waals surface area contributed by atoms with Gasteiger partial charge in [-0.3, -0.25) is 19.3 Å². The van der Waals surface area contributed by atoms with Gasteiger partial charge in [-0.1, -0.05) is 56.6 Å². The maximum Gasteiger partial charge on any atom is 0.258 e. The Bertz CT molecular complexity index is 1310. The van der Waals surface area contributed by atoms with E-state index in [4.69, 9.17) is 21.1 Å². The molecule has 3 heterocycles. The van der Waals surface area contributed by atoms with Crippen LogP contribution in [0.2, 0.25) is 5.02 Å². The first kappa shape index (κ1) is 31.3. The van der Waals surface area contributed by atoms with Crippen LogP contribution >= 0.6 is 11.6 Å². The zero-order valence-corrected chi connectivity index (χ0v) is 26.1. The SMILES string of the molecule is CC(C)(C)CC(=O)N[C@@H]1CC[C@H]2CCOc3ccccc3C(=O)N3CCN(Cc4cccc(Cl)c4)C[C@H]3C(=O)NC[C@H]1O2. The van der Waals surface area contributed by atoms with Gasteiger partial charge in [0.15, 0.2) is 0 Å². The molecule has 0 aliphatic carbocycles. The molecule has 43 heavy (non-hydrogen) atoms. The fourth-order valence-electron chi connectivity index (χ4n) is 6.16. The van der Waals surface area contributed by atoms with Gasteiger partial charge >= 0.3 is 0 Å². The van der Waals surface area contributed by atoms with Crippen LogP contribution in [0.15, 0.2) is 48.5 Å². The summed E-state index contributed by atoms with van der Waals surface area (Å²) in [6.07, 6.45) is 2.09. The van der Waals surface area contributed by atoms with Crippen LogP contribution < -0.4 is 15.4 Å². The molecule has 3 amide bonds. The van der Waals surface area contributed by atoms with Gasteiger partial charge < -0.3 is 25.0 Å². The number of nitrogens with one attached hydrogen (secondary N) is 2. The second kappa shape index (κ2) is 13.7. The second-order valence-corrected chi connectivity index (χ2v) is 13.5. The highest BCUT2D eigenvalue weighted by molar-refractivity contribution is 6.30. The number of carbonyl (C=O) groups is 3. The first-order chi connectivity index (χ1) is 20.6. The Morgan fingerprint density at radius 1 is 1.07 bits per heavy atom. The third-order valence-corrected chi connectivity index (χ3v) is 8.50. The van der Waals surface area contributed by atoms with E-state index in [0.717, 1.165) is 18.4 Å². The molecule has 2 N–H and O–H groups in total. The third-order valence-electron chi connectivity index (χ3n) is 8.27. The summed E-state index contributed by atoms with van der Waals surface area (Å²) in [5, 5.41) is 6.92. The van der Waals surface area contributed by atoms with E-state index in [1.165, 1.54) is 0 Å². The van der Waals surface area contributed by atoms with Crippen LogP contribution in [0, 0.1) is 5.41 Å². The highest BCUT2D eigenvalue weighted by Crippen LogP contribution is 2.27. The van der Waals surface area contributed by atoms with Gasteiger partial charge in [0, 0.05) is 50.6 Å². The van der Waals surface area contributed by atoms with Gasteiger partial charge in [-0.05, 0) is 48.1 Å². The molecule has 2 bridgehead atoms. The van der Waals surface area contributed by atoms with Crippen LogP contribution in [0.1, 0.15) is 62.4 Å².